The van der Waals surface area contributed by atoms with E-state index in [1.807, 2.05) is 4.90 Å². The molecule has 1 aliphatic rings. The summed E-state index contributed by atoms with van der Waals surface area (Å²) < 4.78 is 5.10. The number of rotatable bonds is 5. The molecule has 0 saturated carbocycles. The van der Waals surface area contributed by atoms with Crippen molar-refractivity contribution < 1.29 is 14.3 Å². The topological polar surface area (TPSA) is 74.8 Å². The number of nitrogens with one attached hydrogen (secondary N) is 1. The average molecular weight is 368 g/mol. The molecule has 0 radical (unpaired) electrons. The summed E-state index contributed by atoms with van der Waals surface area (Å²) in [6.07, 6.45) is 1.50. The largest absolute Gasteiger partial charge is 0.497 e. The van der Waals surface area contributed by atoms with Crippen LogP contribution in [0.2, 0.25) is 0 Å². The summed E-state index contributed by atoms with van der Waals surface area (Å²) in [7, 11) is 1.59. The van der Waals surface area contributed by atoms with Gasteiger partial charge in [-0.05, 0) is 42.9 Å². The summed E-state index contributed by atoms with van der Waals surface area (Å²) in [5.74, 6) is 0.291. The Morgan fingerprint density at radius 1 is 1.11 bits per heavy atom. The van der Waals surface area contributed by atoms with Crippen LogP contribution in [0.4, 0.5) is 5.69 Å². The van der Waals surface area contributed by atoms with Crippen molar-refractivity contribution in [1.29, 1.82) is 0 Å². The van der Waals surface area contributed by atoms with Crippen LogP contribution in [0, 0.1) is 0 Å². The third-order valence-corrected chi connectivity index (χ3v) is 4.69. The average Bonchev–Trinajstić information content (AvgIpc) is 2.74. The number of hydrogen-bond acceptors (Lipinski definition) is 5. The summed E-state index contributed by atoms with van der Waals surface area (Å²) in [6, 6.07) is 10.2. The van der Waals surface area contributed by atoms with Crippen LogP contribution in [0.25, 0.3) is 0 Å². The van der Waals surface area contributed by atoms with Gasteiger partial charge in [-0.3, -0.25) is 14.6 Å². The van der Waals surface area contributed by atoms with Gasteiger partial charge >= 0.3 is 0 Å². The molecular formula is C20H24N4O3. The smallest absolute Gasteiger partial charge is 0.274 e. The molecule has 142 valence electrons. The predicted octanol–water partition coefficient (Wildman–Crippen LogP) is 2.12. The number of pyridine rings is 1. The first-order valence-corrected chi connectivity index (χ1v) is 9.04. The second-order valence-electron chi connectivity index (χ2n) is 6.34. The zero-order valence-corrected chi connectivity index (χ0v) is 15.6. The number of anilines is 1. The van der Waals surface area contributed by atoms with Gasteiger partial charge in [0.25, 0.3) is 11.8 Å². The fourth-order valence-electron chi connectivity index (χ4n) is 3.01. The molecule has 0 spiro atoms. The van der Waals surface area contributed by atoms with Crippen molar-refractivity contribution in [2.45, 2.75) is 6.92 Å². The molecule has 1 saturated heterocycles. The Bertz CT molecular complexity index is 799. The number of benzene rings is 1. The molecule has 27 heavy (non-hydrogen) atoms. The predicted molar refractivity (Wildman–Crippen MR) is 103 cm³/mol. The zero-order valence-electron chi connectivity index (χ0n) is 15.6. The monoisotopic (exact) mass is 368 g/mol. The Morgan fingerprint density at radius 3 is 2.44 bits per heavy atom. The van der Waals surface area contributed by atoms with Crippen LogP contribution in [0.3, 0.4) is 0 Å². The van der Waals surface area contributed by atoms with Crippen molar-refractivity contribution in [1.82, 2.24) is 14.8 Å². The maximum atomic E-state index is 12.7. The van der Waals surface area contributed by atoms with Crippen molar-refractivity contribution >= 4 is 17.5 Å². The molecule has 1 fully saturated rings. The van der Waals surface area contributed by atoms with Crippen molar-refractivity contribution in [2.24, 2.45) is 0 Å². The molecule has 2 amide bonds. The van der Waals surface area contributed by atoms with E-state index in [0.717, 1.165) is 19.6 Å². The van der Waals surface area contributed by atoms with Gasteiger partial charge in [0, 0.05) is 43.6 Å². The number of hydrogen-bond donors (Lipinski definition) is 1. The second kappa shape index (κ2) is 8.64. The number of carbonyl (C=O) groups excluding carboxylic acids is 2. The first-order chi connectivity index (χ1) is 13.1. The molecule has 2 aromatic rings. The molecule has 0 aliphatic carbocycles. The number of methoxy groups -OCH3 is 1. The highest BCUT2D eigenvalue weighted by atomic mass is 16.5. The van der Waals surface area contributed by atoms with Crippen molar-refractivity contribution in [3.63, 3.8) is 0 Å². The fourth-order valence-corrected chi connectivity index (χ4v) is 3.01. The van der Waals surface area contributed by atoms with E-state index in [9.17, 15) is 9.59 Å². The van der Waals surface area contributed by atoms with Crippen molar-refractivity contribution in [3.05, 3.63) is 53.9 Å². The molecule has 3 rings (SSSR count). The number of nitrogens with zero attached hydrogens (tertiary/aromatic N) is 3. The van der Waals surface area contributed by atoms with Crippen LogP contribution in [0.1, 0.15) is 27.8 Å². The summed E-state index contributed by atoms with van der Waals surface area (Å²) in [5.41, 5.74) is 1.33. The van der Waals surface area contributed by atoms with Crippen LogP contribution >= 0.6 is 0 Å². The third kappa shape index (κ3) is 4.62. The van der Waals surface area contributed by atoms with E-state index in [0.29, 0.717) is 30.1 Å². The van der Waals surface area contributed by atoms with E-state index in [1.165, 1.54) is 6.20 Å². The molecule has 1 aromatic heterocycles. The second-order valence-corrected chi connectivity index (χ2v) is 6.34. The molecule has 0 unspecified atom stereocenters. The number of amides is 2. The molecule has 2 heterocycles. The Morgan fingerprint density at radius 2 is 1.81 bits per heavy atom. The van der Waals surface area contributed by atoms with Gasteiger partial charge < -0.3 is 19.9 Å². The maximum Gasteiger partial charge on any atom is 0.274 e. The Hall–Kier alpha value is -2.93. The molecule has 1 N–H and O–H groups in total. The molecule has 1 aliphatic heterocycles. The summed E-state index contributed by atoms with van der Waals surface area (Å²) >= 11 is 0. The van der Waals surface area contributed by atoms with Gasteiger partial charge in [0.05, 0.1) is 7.11 Å². The quantitative estimate of drug-likeness (QED) is 0.875. The molecule has 7 nitrogen and oxygen atoms in total. The van der Waals surface area contributed by atoms with Gasteiger partial charge in [0.1, 0.15) is 11.4 Å². The lowest BCUT2D eigenvalue weighted by atomic mass is 10.1. The van der Waals surface area contributed by atoms with E-state index < -0.39 is 0 Å². The highest BCUT2D eigenvalue weighted by Gasteiger charge is 2.22. The SMILES string of the molecule is CCN1CCN(C(=O)c2ccnc(C(=O)Nc3ccc(OC)cc3)c2)CC1. The molecule has 1 aromatic carbocycles. The standard InChI is InChI=1S/C20H24N4O3/c1-3-23-10-12-24(13-11-23)20(26)15-8-9-21-18(14-15)19(25)22-16-4-6-17(27-2)7-5-16/h4-9,14H,3,10-13H2,1-2H3,(H,22,25). The van der Waals surface area contributed by atoms with Crippen molar-refractivity contribution in [2.75, 3.05) is 45.2 Å². The maximum absolute atomic E-state index is 12.7. The summed E-state index contributed by atoms with van der Waals surface area (Å²) in [6.45, 7) is 6.25. The highest BCUT2D eigenvalue weighted by Crippen LogP contribution is 2.16. The molecule has 7 heteroatoms. The van der Waals surface area contributed by atoms with E-state index in [4.69, 9.17) is 4.74 Å². The minimum absolute atomic E-state index is 0.0633. The molecule has 0 bridgehead atoms. The van der Waals surface area contributed by atoms with Gasteiger partial charge in [0.2, 0.25) is 0 Å². The number of aromatic nitrogens is 1. The number of piperazine rings is 1. The van der Waals surface area contributed by atoms with Gasteiger partial charge in [-0.2, -0.15) is 0 Å². The van der Waals surface area contributed by atoms with Crippen LogP contribution in [0.5, 0.6) is 5.75 Å². The van der Waals surface area contributed by atoms with Gasteiger partial charge in [-0.15, -0.1) is 0 Å². The van der Waals surface area contributed by atoms with Gasteiger partial charge in [-0.25, -0.2) is 0 Å². The van der Waals surface area contributed by atoms with E-state index in [-0.39, 0.29) is 17.5 Å². The van der Waals surface area contributed by atoms with Crippen LogP contribution in [0.15, 0.2) is 42.6 Å². The first-order valence-electron chi connectivity index (χ1n) is 9.04. The number of ether oxygens (including phenoxy) is 1. The highest BCUT2D eigenvalue weighted by molar-refractivity contribution is 6.04. The van der Waals surface area contributed by atoms with E-state index in [2.05, 4.69) is 22.1 Å². The van der Waals surface area contributed by atoms with E-state index in [1.54, 1.807) is 43.5 Å². The van der Waals surface area contributed by atoms with Gasteiger partial charge in [-0.1, -0.05) is 6.92 Å². The molecular weight excluding hydrogens is 344 g/mol. The van der Waals surface area contributed by atoms with Crippen molar-refractivity contribution in [3.8, 4) is 5.75 Å². The number of likely N-dealkylation sites (N-methyl/N-ethyl adjacent to an activating group) is 1. The van der Waals surface area contributed by atoms with Crippen LogP contribution in [-0.4, -0.2) is 66.4 Å². The van der Waals surface area contributed by atoms with Crippen LogP contribution in [-0.2, 0) is 0 Å². The zero-order chi connectivity index (χ0) is 19.2. The fraction of sp³-hybridized carbons (Fsp3) is 0.350. The Labute approximate surface area is 158 Å². The lowest BCUT2D eigenvalue weighted by Crippen LogP contribution is -2.48. The normalized spacial score (nSPS) is 14.7. The van der Waals surface area contributed by atoms with E-state index >= 15 is 0 Å². The molecule has 0 atom stereocenters. The van der Waals surface area contributed by atoms with Gasteiger partial charge in [0.15, 0.2) is 0 Å². The summed E-state index contributed by atoms with van der Waals surface area (Å²) in [4.78, 5) is 33.4. The third-order valence-electron chi connectivity index (χ3n) is 4.69. The Kier molecular flexibility index (Phi) is 6.03. The lowest BCUT2D eigenvalue weighted by molar-refractivity contribution is 0.0643. The lowest BCUT2D eigenvalue weighted by Gasteiger charge is -2.34. The minimum atomic E-state index is -0.356. The summed E-state index contributed by atoms with van der Waals surface area (Å²) in [5, 5.41) is 2.78. The van der Waals surface area contributed by atoms with Crippen LogP contribution < -0.4 is 10.1 Å². The first kappa shape index (κ1) is 18.8. The minimum Gasteiger partial charge on any atom is -0.497 e. The number of carbonyl (C=O) groups is 2. The Balaban J connectivity index is 1.67.